The van der Waals surface area contributed by atoms with Gasteiger partial charge in [-0.3, -0.25) is 10.5 Å². The van der Waals surface area contributed by atoms with Gasteiger partial charge in [0.1, 0.15) is 6.61 Å². The average molecular weight is 205 g/mol. The van der Waals surface area contributed by atoms with Gasteiger partial charge in [0.05, 0.1) is 0 Å². The van der Waals surface area contributed by atoms with Crippen LogP contribution in [-0.4, -0.2) is 18.2 Å². The fourth-order valence-corrected chi connectivity index (χ4v) is 1.02. The molecule has 1 rings (SSSR count). The number of carbonyl (C=O) groups is 1. The lowest BCUT2D eigenvalue weighted by atomic mass is 10.1. The number of carbonyl (C=O) groups excluding carboxylic acids is 1. The summed E-state index contributed by atoms with van der Waals surface area (Å²) in [6, 6.07) is 8.85. The van der Waals surface area contributed by atoms with Crippen molar-refractivity contribution in [2.24, 2.45) is 5.16 Å². The SMILES string of the molecule is CCCON=C(C([NH])=O)c1ccccc1. The number of oxime groups is 1. The summed E-state index contributed by atoms with van der Waals surface area (Å²) in [4.78, 5) is 15.9. The first-order chi connectivity index (χ1) is 7.25. The van der Waals surface area contributed by atoms with Gasteiger partial charge in [-0.25, -0.2) is 0 Å². The Balaban J connectivity index is 2.84. The summed E-state index contributed by atoms with van der Waals surface area (Å²) in [6.07, 6.45) is 0.817. The Labute approximate surface area is 88.7 Å². The van der Waals surface area contributed by atoms with Crippen molar-refractivity contribution in [1.82, 2.24) is 5.73 Å². The van der Waals surface area contributed by atoms with Crippen molar-refractivity contribution in [2.45, 2.75) is 13.3 Å². The van der Waals surface area contributed by atoms with E-state index in [1.807, 2.05) is 13.0 Å². The van der Waals surface area contributed by atoms with Crippen molar-refractivity contribution < 1.29 is 9.63 Å². The van der Waals surface area contributed by atoms with E-state index in [4.69, 9.17) is 10.6 Å². The van der Waals surface area contributed by atoms with E-state index in [9.17, 15) is 4.79 Å². The van der Waals surface area contributed by atoms with Crippen LogP contribution < -0.4 is 5.73 Å². The fraction of sp³-hybridized carbons (Fsp3) is 0.273. The van der Waals surface area contributed by atoms with Crippen molar-refractivity contribution in [3.05, 3.63) is 35.9 Å². The second kappa shape index (κ2) is 5.80. The zero-order valence-corrected chi connectivity index (χ0v) is 8.56. The molecule has 0 aliphatic heterocycles. The standard InChI is InChI=1S/C11H13N2O2/c1-2-8-15-13-10(11(12)14)9-6-4-3-5-7-9/h3-7,12H,2,8H2,1H3. The molecule has 4 nitrogen and oxygen atoms in total. The highest BCUT2D eigenvalue weighted by atomic mass is 16.6. The number of amides is 1. The highest BCUT2D eigenvalue weighted by Gasteiger charge is 2.11. The maximum absolute atomic E-state index is 11.0. The first-order valence-corrected chi connectivity index (χ1v) is 4.77. The Morgan fingerprint density at radius 1 is 1.40 bits per heavy atom. The topological polar surface area (TPSA) is 62.5 Å². The molecule has 0 atom stereocenters. The van der Waals surface area contributed by atoms with Crippen LogP contribution in [0, 0.1) is 0 Å². The molecule has 0 aliphatic carbocycles. The number of nitrogens with zero attached hydrogens (tertiary/aromatic N) is 1. The Morgan fingerprint density at radius 2 is 2.07 bits per heavy atom. The number of rotatable bonds is 5. The predicted octanol–water partition coefficient (Wildman–Crippen LogP) is 1.63. The predicted molar refractivity (Wildman–Crippen MR) is 57.3 cm³/mol. The largest absolute Gasteiger partial charge is 0.395 e. The van der Waals surface area contributed by atoms with Crippen molar-refractivity contribution in [3.8, 4) is 0 Å². The summed E-state index contributed by atoms with van der Waals surface area (Å²) in [5.41, 5.74) is 7.71. The van der Waals surface area contributed by atoms with E-state index in [1.165, 1.54) is 0 Å². The van der Waals surface area contributed by atoms with Gasteiger partial charge < -0.3 is 4.84 Å². The minimum atomic E-state index is -0.836. The van der Waals surface area contributed by atoms with Crippen LogP contribution in [0.2, 0.25) is 0 Å². The molecule has 1 aromatic carbocycles. The smallest absolute Gasteiger partial charge is 0.292 e. The van der Waals surface area contributed by atoms with Gasteiger partial charge in [0.2, 0.25) is 0 Å². The zero-order chi connectivity index (χ0) is 11.1. The number of hydrogen-bond donors (Lipinski definition) is 0. The second-order valence-corrected chi connectivity index (χ2v) is 2.97. The minimum absolute atomic E-state index is 0.0454. The third-order valence-electron chi connectivity index (χ3n) is 1.71. The molecule has 0 aromatic heterocycles. The first-order valence-electron chi connectivity index (χ1n) is 4.77. The van der Waals surface area contributed by atoms with Crippen molar-refractivity contribution >= 4 is 11.6 Å². The van der Waals surface area contributed by atoms with Crippen LogP contribution in [0.25, 0.3) is 0 Å². The van der Waals surface area contributed by atoms with E-state index >= 15 is 0 Å². The van der Waals surface area contributed by atoms with Crippen LogP contribution in [0.5, 0.6) is 0 Å². The second-order valence-electron chi connectivity index (χ2n) is 2.97. The van der Waals surface area contributed by atoms with Gasteiger partial charge in [-0.05, 0) is 6.42 Å². The molecule has 0 heterocycles. The summed E-state index contributed by atoms with van der Waals surface area (Å²) in [6.45, 7) is 2.39. The molecule has 1 N–H and O–H groups in total. The van der Waals surface area contributed by atoms with E-state index in [-0.39, 0.29) is 5.71 Å². The quantitative estimate of drug-likeness (QED) is 0.416. The molecule has 4 heteroatoms. The van der Waals surface area contributed by atoms with Crippen LogP contribution in [0.1, 0.15) is 18.9 Å². The molecule has 0 aliphatic rings. The van der Waals surface area contributed by atoms with E-state index in [0.29, 0.717) is 12.2 Å². The van der Waals surface area contributed by atoms with Crippen LogP contribution in [0.15, 0.2) is 35.5 Å². The molecule has 0 saturated heterocycles. The number of benzene rings is 1. The molecule has 1 radical (unpaired) electrons. The highest BCUT2D eigenvalue weighted by Crippen LogP contribution is 2.02. The van der Waals surface area contributed by atoms with Gasteiger partial charge in [0.25, 0.3) is 5.91 Å². The maximum atomic E-state index is 11.0. The lowest BCUT2D eigenvalue weighted by molar-refractivity contribution is -0.112. The normalized spacial score (nSPS) is 11.1. The molecule has 0 saturated carbocycles. The summed E-state index contributed by atoms with van der Waals surface area (Å²) >= 11 is 0. The zero-order valence-electron chi connectivity index (χ0n) is 8.56. The van der Waals surface area contributed by atoms with Gasteiger partial charge in [-0.2, -0.15) is 0 Å². The van der Waals surface area contributed by atoms with E-state index in [1.54, 1.807) is 24.3 Å². The van der Waals surface area contributed by atoms with Gasteiger partial charge in [0.15, 0.2) is 5.71 Å². The highest BCUT2D eigenvalue weighted by molar-refractivity contribution is 6.44. The number of nitrogens with one attached hydrogen (secondary N) is 1. The van der Waals surface area contributed by atoms with Crippen LogP contribution >= 0.6 is 0 Å². The third kappa shape index (κ3) is 3.42. The molecule has 0 bridgehead atoms. The summed E-state index contributed by atoms with van der Waals surface area (Å²) in [5, 5.41) is 3.66. The molecule has 1 aromatic rings. The first kappa shape index (κ1) is 11.2. The average Bonchev–Trinajstić information content (AvgIpc) is 2.25. The molecule has 0 unspecified atom stereocenters. The van der Waals surface area contributed by atoms with Gasteiger partial charge in [-0.15, -0.1) is 0 Å². The van der Waals surface area contributed by atoms with Gasteiger partial charge in [0, 0.05) is 5.56 Å². The molecule has 0 fully saturated rings. The Morgan fingerprint density at radius 3 is 2.60 bits per heavy atom. The molecule has 79 valence electrons. The van der Waals surface area contributed by atoms with E-state index < -0.39 is 5.91 Å². The van der Waals surface area contributed by atoms with Crippen LogP contribution in [-0.2, 0) is 9.63 Å². The Hall–Kier alpha value is -1.84. The maximum Gasteiger partial charge on any atom is 0.292 e. The van der Waals surface area contributed by atoms with Crippen molar-refractivity contribution in [3.63, 3.8) is 0 Å². The lowest BCUT2D eigenvalue weighted by Gasteiger charge is -2.01. The Kier molecular flexibility index (Phi) is 4.34. The van der Waals surface area contributed by atoms with Gasteiger partial charge >= 0.3 is 0 Å². The van der Waals surface area contributed by atoms with Crippen molar-refractivity contribution in [1.29, 1.82) is 0 Å². The molecular weight excluding hydrogens is 192 g/mol. The summed E-state index contributed by atoms with van der Waals surface area (Å²) < 4.78 is 0. The van der Waals surface area contributed by atoms with E-state index in [0.717, 1.165) is 6.42 Å². The van der Waals surface area contributed by atoms with Gasteiger partial charge in [-0.1, -0.05) is 42.4 Å². The monoisotopic (exact) mass is 205 g/mol. The third-order valence-corrected chi connectivity index (χ3v) is 1.71. The summed E-state index contributed by atoms with van der Waals surface area (Å²) in [5.74, 6) is -0.836. The summed E-state index contributed by atoms with van der Waals surface area (Å²) in [7, 11) is 0. The van der Waals surface area contributed by atoms with E-state index in [2.05, 4.69) is 5.16 Å². The molecule has 1 amide bonds. The fourth-order valence-electron chi connectivity index (χ4n) is 1.02. The molecule has 15 heavy (non-hydrogen) atoms. The molecule has 0 spiro atoms. The molecular formula is C11H13N2O2. The van der Waals surface area contributed by atoms with Crippen LogP contribution in [0.3, 0.4) is 0 Å². The minimum Gasteiger partial charge on any atom is -0.395 e. The van der Waals surface area contributed by atoms with Crippen LogP contribution in [0.4, 0.5) is 0 Å². The number of hydrogen-bond acceptors (Lipinski definition) is 3. The lowest BCUT2D eigenvalue weighted by Crippen LogP contribution is -2.16. The Bertz CT molecular complexity index is 347. The van der Waals surface area contributed by atoms with Crippen molar-refractivity contribution in [2.75, 3.05) is 6.61 Å².